The van der Waals surface area contributed by atoms with E-state index in [1.165, 1.54) is 55.0 Å². The zero-order valence-corrected chi connectivity index (χ0v) is 9.85. The van der Waals surface area contributed by atoms with Gasteiger partial charge in [-0.25, -0.2) is 4.98 Å². The highest BCUT2D eigenvalue weighted by Gasteiger charge is 2.23. The molecule has 0 spiro atoms. The van der Waals surface area contributed by atoms with Gasteiger partial charge in [0.2, 0.25) is 0 Å². The van der Waals surface area contributed by atoms with Crippen LogP contribution in [-0.4, -0.2) is 11.5 Å². The van der Waals surface area contributed by atoms with Gasteiger partial charge in [-0.2, -0.15) is 0 Å². The van der Waals surface area contributed by atoms with Crippen molar-refractivity contribution in [3.63, 3.8) is 0 Å². The van der Waals surface area contributed by atoms with E-state index in [9.17, 15) is 0 Å². The molecule has 1 atom stereocenters. The molecule has 1 aromatic heterocycles. The molecule has 0 amide bonds. The average Bonchev–Trinajstić information content (AvgIpc) is 3.02. The lowest BCUT2D eigenvalue weighted by molar-refractivity contribution is 0.643. The smallest absolute Gasteiger partial charge is 0.110 e. The zero-order valence-electron chi connectivity index (χ0n) is 9.04. The van der Waals surface area contributed by atoms with Gasteiger partial charge in [-0.1, -0.05) is 12.8 Å². The molecule has 1 aliphatic carbocycles. The molecule has 2 nitrogen and oxygen atoms in total. The summed E-state index contributed by atoms with van der Waals surface area (Å²) in [6, 6.07) is 0.560. The highest BCUT2D eigenvalue weighted by molar-refractivity contribution is 7.11. The third-order valence-electron chi connectivity index (χ3n) is 3.66. The fourth-order valence-corrected chi connectivity index (χ4v) is 3.95. The van der Waals surface area contributed by atoms with Crippen molar-refractivity contribution in [3.05, 3.63) is 16.1 Å². The molecule has 3 rings (SSSR count). The molecule has 82 valence electrons. The number of hydrogen-bond donors (Lipinski definition) is 1. The third kappa shape index (κ3) is 1.95. The van der Waals surface area contributed by atoms with Crippen LogP contribution in [0.1, 0.15) is 60.4 Å². The monoisotopic (exact) mass is 222 g/mol. The summed E-state index contributed by atoms with van der Waals surface area (Å²) < 4.78 is 0. The minimum Gasteiger partial charge on any atom is -0.308 e. The van der Waals surface area contributed by atoms with E-state index in [-0.39, 0.29) is 0 Å². The molecule has 0 radical (unpaired) electrons. The highest BCUT2D eigenvalue weighted by atomic mass is 32.1. The maximum absolute atomic E-state index is 4.60. The van der Waals surface area contributed by atoms with Crippen LogP contribution in [0.5, 0.6) is 0 Å². The fourth-order valence-electron chi connectivity index (χ4n) is 2.76. The van der Waals surface area contributed by atoms with Gasteiger partial charge in [0.15, 0.2) is 0 Å². The predicted octanol–water partition coefficient (Wildman–Crippen LogP) is 3.23. The maximum Gasteiger partial charge on any atom is 0.110 e. The van der Waals surface area contributed by atoms with Crippen molar-refractivity contribution in [1.29, 1.82) is 0 Å². The van der Waals surface area contributed by atoms with Crippen LogP contribution in [0, 0.1) is 0 Å². The van der Waals surface area contributed by atoms with Crippen LogP contribution in [0.3, 0.4) is 0 Å². The van der Waals surface area contributed by atoms with E-state index < -0.39 is 0 Å². The molecular formula is C12H18N2S. The Hall–Kier alpha value is -0.410. The highest BCUT2D eigenvalue weighted by Crippen LogP contribution is 2.38. The first kappa shape index (κ1) is 9.79. The molecule has 1 saturated heterocycles. The first-order chi connectivity index (χ1) is 7.43. The van der Waals surface area contributed by atoms with Gasteiger partial charge in [0, 0.05) is 11.1 Å². The van der Waals surface area contributed by atoms with E-state index in [1.54, 1.807) is 0 Å². The number of hydrogen-bond acceptors (Lipinski definition) is 3. The Bertz CT molecular complexity index is 292. The van der Waals surface area contributed by atoms with E-state index in [0.29, 0.717) is 6.04 Å². The Labute approximate surface area is 95.1 Å². The molecule has 15 heavy (non-hydrogen) atoms. The molecule has 2 aliphatic rings. The number of aromatic nitrogens is 1. The van der Waals surface area contributed by atoms with Crippen LogP contribution in [0.15, 0.2) is 6.20 Å². The number of nitrogens with one attached hydrogen (secondary N) is 1. The quantitative estimate of drug-likeness (QED) is 0.831. The van der Waals surface area contributed by atoms with Crippen LogP contribution in [-0.2, 0) is 0 Å². The van der Waals surface area contributed by atoms with Crippen molar-refractivity contribution in [1.82, 2.24) is 10.3 Å². The fraction of sp³-hybridized carbons (Fsp3) is 0.750. The standard InChI is InChI=1S/C12H18N2S/c1-2-5-9(4-1)11-8-14-12(15-11)10-6-3-7-13-10/h8-10,13H,1-7H2. The van der Waals surface area contributed by atoms with Crippen molar-refractivity contribution in [2.75, 3.05) is 6.54 Å². The summed E-state index contributed by atoms with van der Waals surface area (Å²) >= 11 is 1.95. The van der Waals surface area contributed by atoms with Crippen LogP contribution < -0.4 is 5.32 Å². The number of rotatable bonds is 2. The Morgan fingerprint density at radius 1 is 1.20 bits per heavy atom. The first-order valence-corrected chi connectivity index (χ1v) is 6.94. The summed E-state index contributed by atoms with van der Waals surface area (Å²) in [6.45, 7) is 1.17. The van der Waals surface area contributed by atoms with Crippen LogP contribution >= 0.6 is 11.3 Å². The first-order valence-electron chi connectivity index (χ1n) is 6.12. The van der Waals surface area contributed by atoms with Crippen LogP contribution in [0.4, 0.5) is 0 Å². The number of nitrogens with zero attached hydrogens (tertiary/aromatic N) is 1. The van der Waals surface area contributed by atoms with Crippen molar-refractivity contribution in [2.24, 2.45) is 0 Å². The molecule has 3 heteroatoms. The zero-order chi connectivity index (χ0) is 10.1. The number of thiazole rings is 1. The largest absolute Gasteiger partial charge is 0.308 e. The summed E-state index contributed by atoms with van der Waals surface area (Å²) in [6.07, 6.45) is 10.3. The Morgan fingerprint density at radius 3 is 2.80 bits per heavy atom. The molecule has 2 fully saturated rings. The molecule has 1 N–H and O–H groups in total. The lowest BCUT2D eigenvalue weighted by Gasteiger charge is -2.06. The second kappa shape index (κ2) is 4.22. The van der Waals surface area contributed by atoms with Crippen molar-refractivity contribution in [2.45, 2.75) is 50.5 Å². The van der Waals surface area contributed by atoms with E-state index in [4.69, 9.17) is 0 Å². The molecule has 2 heterocycles. The second-order valence-electron chi connectivity index (χ2n) is 4.73. The Morgan fingerprint density at radius 2 is 2.07 bits per heavy atom. The van der Waals surface area contributed by atoms with Gasteiger partial charge in [0.05, 0.1) is 6.04 Å². The van der Waals surface area contributed by atoms with Gasteiger partial charge in [-0.05, 0) is 38.1 Å². The summed E-state index contributed by atoms with van der Waals surface area (Å²) in [5.41, 5.74) is 0. The van der Waals surface area contributed by atoms with Crippen molar-refractivity contribution < 1.29 is 0 Å². The summed E-state index contributed by atoms with van der Waals surface area (Å²) in [4.78, 5) is 6.14. The van der Waals surface area contributed by atoms with E-state index in [0.717, 1.165) is 5.92 Å². The predicted molar refractivity (Wildman–Crippen MR) is 63.3 cm³/mol. The van der Waals surface area contributed by atoms with Gasteiger partial charge in [-0.3, -0.25) is 0 Å². The van der Waals surface area contributed by atoms with Crippen molar-refractivity contribution in [3.8, 4) is 0 Å². The second-order valence-corrected chi connectivity index (χ2v) is 5.82. The van der Waals surface area contributed by atoms with E-state index >= 15 is 0 Å². The van der Waals surface area contributed by atoms with E-state index in [1.807, 2.05) is 11.3 Å². The van der Waals surface area contributed by atoms with Gasteiger partial charge in [0.1, 0.15) is 5.01 Å². The molecular weight excluding hydrogens is 204 g/mol. The van der Waals surface area contributed by atoms with Gasteiger partial charge in [-0.15, -0.1) is 11.3 Å². The lowest BCUT2D eigenvalue weighted by atomic mass is 10.1. The Balaban J connectivity index is 1.74. The molecule has 1 saturated carbocycles. The summed E-state index contributed by atoms with van der Waals surface area (Å²) in [5, 5.41) is 4.85. The van der Waals surface area contributed by atoms with Crippen molar-refractivity contribution >= 4 is 11.3 Å². The van der Waals surface area contributed by atoms with Gasteiger partial charge >= 0.3 is 0 Å². The minimum atomic E-state index is 0.560. The van der Waals surface area contributed by atoms with Gasteiger partial charge in [0.25, 0.3) is 0 Å². The molecule has 0 aromatic carbocycles. The molecule has 1 unspecified atom stereocenters. The van der Waals surface area contributed by atoms with Crippen LogP contribution in [0.2, 0.25) is 0 Å². The summed E-state index contributed by atoms with van der Waals surface area (Å²) in [7, 11) is 0. The Kier molecular flexibility index (Phi) is 2.76. The third-order valence-corrected chi connectivity index (χ3v) is 4.93. The van der Waals surface area contributed by atoms with Crippen LogP contribution in [0.25, 0.3) is 0 Å². The molecule has 1 aliphatic heterocycles. The normalized spacial score (nSPS) is 27.6. The minimum absolute atomic E-state index is 0.560. The average molecular weight is 222 g/mol. The lowest BCUT2D eigenvalue weighted by Crippen LogP contribution is -2.12. The van der Waals surface area contributed by atoms with Gasteiger partial charge < -0.3 is 5.32 Å². The molecule has 0 bridgehead atoms. The maximum atomic E-state index is 4.60. The topological polar surface area (TPSA) is 24.9 Å². The molecule has 1 aromatic rings. The van der Waals surface area contributed by atoms with E-state index in [2.05, 4.69) is 16.5 Å². The summed E-state index contributed by atoms with van der Waals surface area (Å²) in [5.74, 6) is 0.831. The SMILES string of the molecule is c1nc(C2CCCN2)sc1C1CCCC1.